The Morgan fingerprint density at radius 1 is 1.36 bits per heavy atom. The van der Waals surface area contributed by atoms with E-state index in [1.54, 1.807) is 4.68 Å². The second-order valence-electron chi connectivity index (χ2n) is 7.89. The maximum absolute atomic E-state index is 12.3. The Hall–Kier alpha value is -2.31. The Kier molecular flexibility index (Phi) is 5.55. The monoisotopic (exact) mass is 347 g/mol. The van der Waals surface area contributed by atoms with Crippen LogP contribution in [-0.2, 0) is 19.9 Å². The van der Waals surface area contributed by atoms with E-state index in [4.69, 9.17) is 4.52 Å². The zero-order valence-corrected chi connectivity index (χ0v) is 16.2. The molecule has 2 aromatic rings. The molecule has 2 N–H and O–H groups in total. The van der Waals surface area contributed by atoms with Gasteiger partial charge in [-0.05, 0) is 39.0 Å². The number of carbonyl (C=O) groups is 1. The van der Waals surface area contributed by atoms with Gasteiger partial charge in [0.05, 0.1) is 11.4 Å². The van der Waals surface area contributed by atoms with Gasteiger partial charge in [-0.2, -0.15) is 5.10 Å². The summed E-state index contributed by atoms with van der Waals surface area (Å²) in [6, 6.07) is 1.63. The number of hydrogen-bond acceptors (Lipinski definition) is 4. The van der Waals surface area contributed by atoms with Crippen molar-refractivity contribution < 1.29 is 9.32 Å². The zero-order valence-electron chi connectivity index (χ0n) is 16.2. The maximum Gasteiger partial charge on any atom is 0.320 e. The van der Waals surface area contributed by atoms with Gasteiger partial charge in [-0.25, -0.2) is 4.79 Å². The van der Waals surface area contributed by atoms with E-state index in [1.165, 1.54) is 0 Å². The maximum atomic E-state index is 12.3. The first-order valence-electron chi connectivity index (χ1n) is 8.57. The van der Waals surface area contributed by atoms with Gasteiger partial charge < -0.3 is 9.84 Å². The van der Waals surface area contributed by atoms with Crippen LogP contribution in [0, 0.1) is 19.3 Å². The number of rotatable bonds is 5. The Balaban J connectivity index is 1.94. The van der Waals surface area contributed by atoms with E-state index in [-0.39, 0.29) is 17.5 Å². The van der Waals surface area contributed by atoms with Gasteiger partial charge in [0, 0.05) is 24.7 Å². The summed E-state index contributed by atoms with van der Waals surface area (Å²) in [5.41, 5.74) is 3.02. The minimum Gasteiger partial charge on any atom is -0.361 e. The molecule has 138 valence electrons. The summed E-state index contributed by atoms with van der Waals surface area (Å²) in [7, 11) is 1.83. The number of aryl methyl sites for hydroxylation is 3. The van der Waals surface area contributed by atoms with Crippen LogP contribution in [0.25, 0.3) is 0 Å². The van der Waals surface area contributed by atoms with Crippen molar-refractivity contribution in [3.8, 4) is 0 Å². The number of anilines is 1. The molecule has 2 rings (SSSR count). The summed E-state index contributed by atoms with van der Waals surface area (Å²) >= 11 is 0. The molecule has 25 heavy (non-hydrogen) atoms. The molecule has 0 saturated heterocycles. The van der Waals surface area contributed by atoms with E-state index >= 15 is 0 Å². The lowest BCUT2D eigenvalue weighted by Crippen LogP contribution is -2.37. The fraction of sp³-hybridized carbons (Fsp3) is 0.611. The van der Waals surface area contributed by atoms with Crippen molar-refractivity contribution in [1.29, 1.82) is 0 Å². The zero-order chi connectivity index (χ0) is 18.8. The van der Waals surface area contributed by atoms with E-state index < -0.39 is 0 Å². The number of hydrogen-bond donors (Lipinski definition) is 2. The largest absolute Gasteiger partial charge is 0.361 e. The number of nitrogens with one attached hydrogen (secondary N) is 2. The molecule has 0 aliphatic heterocycles. The number of nitrogens with zero attached hydrogens (tertiary/aromatic N) is 3. The summed E-state index contributed by atoms with van der Waals surface area (Å²) in [6.45, 7) is 12.2. The topological polar surface area (TPSA) is 85.0 Å². The summed E-state index contributed by atoms with van der Waals surface area (Å²) in [5.74, 6) is 1.48. The van der Waals surface area contributed by atoms with Crippen molar-refractivity contribution in [2.75, 3.05) is 5.32 Å². The Morgan fingerprint density at radius 2 is 2.04 bits per heavy atom. The van der Waals surface area contributed by atoms with Crippen molar-refractivity contribution in [2.24, 2.45) is 12.5 Å². The van der Waals surface area contributed by atoms with E-state index in [0.29, 0.717) is 12.2 Å². The highest BCUT2D eigenvalue weighted by Crippen LogP contribution is 2.21. The van der Waals surface area contributed by atoms with Gasteiger partial charge in [0.15, 0.2) is 0 Å². The van der Waals surface area contributed by atoms with Crippen molar-refractivity contribution in [3.63, 3.8) is 0 Å². The Labute approximate surface area is 149 Å². The minimum absolute atomic E-state index is 0.0425. The second-order valence-corrected chi connectivity index (χ2v) is 7.89. The van der Waals surface area contributed by atoms with Crippen LogP contribution in [0.2, 0.25) is 0 Å². The minimum atomic E-state index is -0.246. The number of urea groups is 1. The van der Waals surface area contributed by atoms with Gasteiger partial charge in [0.1, 0.15) is 11.6 Å². The Morgan fingerprint density at radius 3 is 2.60 bits per heavy atom. The van der Waals surface area contributed by atoms with E-state index in [0.717, 1.165) is 29.1 Å². The normalized spacial score (nSPS) is 12.9. The van der Waals surface area contributed by atoms with Gasteiger partial charge in [-0.3, -0.25) is 10.00 Å². The third-order valence-electron chi connectivity index (χ3n) is 3.95. The van der Waals surface area contributed by atoms with Crippen LogP contribution in [0.15, 0.2) is 10.6 Å². The SMILES string of the molecule is Cc1noc(C)c1C[C@@H](C)NC(=O)Nc1cc(CC(C)(C)C)nn1C. The molecule has 0 radical (unpaired) electrons. The number of carbonyl (C=O) groups excluding carboxylic acids is 1. The fourth-order valence-electron chi connectivity index (χ4n) is 2.80. The highest BCUT2D eigenvalue weighted by molar-refractivity contribution is 5.88. The van der Waals surface area contributed by atoms with Gasteiger partial charge in [0.25, 0.3) is 0 Å². The number of aromatic nitrogens is 3. The van der Waals surface area contributed by atoms with E-state index in [1.807, 2.05) is 33.9 Å². The highest BCUT2D eigenvalue weighted by atomic mass is 16.5. The summed E-state index contributed by atoms with van der Waals surface area (Å²) in [5, 5.41) is 14.2. The average molecular weight is 347 g/mol. The van der Waals surface area contributed by atoms with Crippen LogP contribution in [0.3, 0.4) is 0 Å². The third kappa shape index (κ3) is 5.34. The quantitative estimate of drug-likeness (QED) is 0.868. The van der Waals surface area contributed by atoms with Crippen LogP contribution >= 0.6 is 0 Å². The lowest BCUT2D eigenvalue weighted by Gasteiger charge is -2.15. The molecule has 7 heteroatoms. The van der Waals surface area contributed by atoms with E-state index in [9.17, 15) is 4.79 Å². The van der Waals surface area contributed by atoms with Crippen LogP contribution in [-0.4, -0.2) is 27.0 Å². The first-order chi connectivity index (χ1) is 11.5. The number of amides is 2. The molecule has 1 atom stereocenters. The molecular formula is C18H29N5O2. The lowest BCUT2D eigenvalue weighted by molar-refractivity contribution is 0.249. The molecule has 0 aromatic carbocycles. The predicted octanol–water partition coefficient (Wildman–Crippen LogP) is 3.37. The smallest absolute Gasteiger partial charge is 0.320 e. The molecule has 0 bridgehead atoms. The van der Waals surface area contributed by atoms with Crippen molar-refractivity contribution in [1.82, 2.24) is 20.3 Å². The Bertz CT molecular complexity index is 720. The molecular weight excluding hydrogens is 318 g/mol. The fourth-order valence-corrected chi connectivity index (χ4v) is 2.80. The predicted molar refractivity (Wildman–Crippen MR) is 97.7 cm³/mol. The first-order valence-corrected chi connectivity index (χ1v) is 8.57. The summed E-state index contributed by atoms with van der Waals surface area (Å²) in [6.07, 6.45) is 1.53. The molecule has 0 aliphatic carbocycles. The molecule has 2 heterocycles. The summed E-state index contributed by atoms with van der Waals surface area (Å²) < 4.78 is 6.86. The van der Waals surface area contributed by atoms with Crippen LogP contribution in [0.4, 0.5) is 10.6 Å². The van der Waals surface area contributed by atoms with Gasteiger partial charge in [-0.1, -0.05) is 25.9 Å². The van der Waals surface area contributed by atoms with Crippen LogP contribution in [0.1, 0.15) is 50.4 Å². The molecule has 0 aliphatic rings. The molecule has 0 unspecified atom stereocenters. The van der Waals surface area contributed by atoms with Crippen molar-refractivity contribution >= 4 is 11.8 Å². The first kappa shape index (κ1) is 19.0. The highest BCUT2D eigenvalue weighted by Gasteiger charge is 2.17. The van der Waals surface area contributed by atoms with Crippen LogP contribution < -0.4 is 10.6 Å². The average Bonchev–Trinajstić information content (AvgIpc) is 2.93. The van der Waals surface area contributed by atoms with Crippen LogP contribution in [0.5, 0.6) is 0 Å². The van der Waals surface area contributed by atoms with E-state index in [2.05, 4.69) is 41.7 Å². The third-order valence-corrected chi connectivity index (χ3v) is 3.95. The molecule has 0 saturated carbocycles. The second kappa shape index (κ2) is 7.29. The van der Waals surface area contributed by atoms with Gasteiger partial charge >= 0.3 is 6.03 Å². The molecule has 7 nitrogen and oxygen atoms in total. The van der Waals surface area contributed by atoms with Gasteiger partial charge in [-0.15, -0.1) is 0 Å². The van der Waals surface area contributed by atoms with Crippen molar-refractivity contribution in [3.05, 3.63) is 28.8 Å². The standard InChI is InChI=1S/C18H29N5O2/c1-11(8-15-12(2)22-25-13(15)3)19-17(24)20-16-9-14(21-23(16)7)10-18(4,5)6/h9,11H,8,10H2,1-7H3,(H2,19,20,24)/t11-/m1/s1. The van der Waals surface area contributed by atoms with Crippen molar-refractivity contribution in [2.45, 2.75) is 60.4 Å². The lowest BCUT2D eigenvalue weighted by atomic mass is 9.91. The van der Waals surface area contributed by atoms with Gasteiger partial charge in [0.2, 0.25) is 0 Å². The molecule has 2 amide bonds. The molecule has 0 fully saturated rings. The summed E-state index contributed by atoms with van der Waals surface area (Å²) in [4.78, 5) is 12.3. The molecule has 0 spiro atoms. The molecule has 2 aromatic heterocycles.